The summed E-state index contributed by atoms with van der Waals surface area (Å²) in [7, 11) is 15.6. The fourth-order valence-corrected chi connectivity index (χ4v) is 4.13. The third kappa shape index (κ3) is 12.5. The van der Waals surface area contributed by atoms with Crippen LogP contribution in [0.2, 0.25) is 0 Å². The zero-order chi connectivity index (χ0) is 30.8. The summed E-state index contributed by atoms with van der Waals surface area (Å²) in [6, 6.07) is 22.9. The van der Waals surface area contributed by atoms with E-state index in [2.05, 4.69) is 104 Å². The third-order valence-corrected chi connectivity index (χ3v) is 6.48. The standard InChI is InChI=1S/C30H32N2O3.CH3BOSi.2ClH.2Pd.Si/c1-20-6-8-21(9-7-20)17-33-24-13-10-22(11-14-24)23-12-15-25(27-31-29(2,3)18-34-27)26(16-23)28-32-30(4,5)19-35-28;1-3-2-4;;;;;/h6-16H,17-19H2,1-5H3;1H3;2*1H;;;/q;;;;;+2;/p-2. The van der Waals surface area contributed by atoms with Crippen molar-refractivity contribution < 1.29 is 55.2 Å². The van der Waals surface area contributed by atoms with Gasteiger partial charge in [0.15, 0.2) is 0 Å². The first-order valence-electron chi connectivity index (χ1n) is 13.2. The number of ether oxygens (including phenoxy) is 3. The van der Waals surface area contributed by atoms with E-state index < -0.39 is 0 Å². The quantitative estimate of drug-likeness (QED) is 0.249. The summed E-state index contributed by atoms with van der Waals surface area (Å²) in [4.78, 5) is 9.62. The molecule has 0 aliphatic carbocycles. The Morgan fingerprint density at radius 3 is 1.77 bits per heavy atom. The van der Waals surface area contributed by atoms with E-state index in [9.17, 15) is 0 Å². The van der Waals surface area contributed by atoms with E-state index >= 15 is 0 Å². The average Bonchev–Trinajstić information content (AvgIpc) is 3.53. The minimum Gasteiger partial charge on any atom is 0 e. The van der Waals surface area contributed by atoms with Crippen molar-refractivity contribution in [2.45, 2.75) is 52.3 Å². The molecule has 13 heteroatoms. The molecular formula is C31H35BCl2N2O4Pd2Si2. The van der Waals surface area contributed by atoms with Crippen LogP contribution >= 0.6 is 19.1 Å². The largest absolute Gasteiger partial charge is 0 e. The Kier molecular flexibility index (Phi) is 18.0. The molecule has 8 radical (unpaired) electrons. The molecule has 0 amide bonds. The minimum absolute atomic E-state index is 0. The fraction of sp³-hybridized carbons (Fsp3) is 0.355. The molecule has 2 heterocycles. The molecule has 3 aromatic carbocycles. The normalized spacial score (nSPS) is 15.3. The molecule has 6 nitrogen and oxygen atoms in total. The Morgan fingerprint density at radius 2 is 1.32 bits per heavy atom. The Hall–Kier alpha value is -1.24. The van der Waals surface area contributed by atoms with E-state index in [-0.39, 0.29) is 58.4 Å². The summed E-state index contributed by atoms with van der Waals surface area (Å²) in [5, 5.41) is 0. The molecule has 0 atom stereocenters. The minimum atomic E-state index is -0.253. The molecule has 2 aliphatic rings. The van der Waals surface area contributed by atoms with Crippen LogP contribution in [0.4, 0.5) is 0 Å². The summed E-state index contributed by atoms with van der Waals surface area (Å²) in [5.41, 5.74) is 5.89. The van der Waals surface area contributed by atoms with Crippen molar-refractivity contribution in [2.24, 2.45) is 9.98 Å². The first-order chi connectivity index (χ1) is 20.0. The first kappa shape index (κ1) is 40.8. The van der Waals surface area contributed by atoms with Crippen molar-refractivity contribution in [3.8, 4) is 16.9 Å². The van der Waals surface area contributed by atoms with Crippen LogP contribution in [0.1, 0.15) is 49.9 Å². The van der Waals surface area contributed by atoms with Crippen LogP contribution in [-0.4, -0.2) is 71.3 Å². The summed E-state index contributed by atoms with van der Waals surface area (Å²) < 4.78 is 22.3. The van der Waals surface area contributed by atoms with Crippen LogP contribution in [0.5, 0.6) is 5.75 Å². The molecule has 0 fully saturated rings. The zero-order valence-electron chi connectivity index (χ0n) is 25.5. The topological polar surface area (TPSA) is 61.6 Å². The van der Waals surface area contributed by atoms with Crippen molar-refractivity contribution in [2.75, 3.05) is 20.3 Å². The average molecular weight is 850 g/mol. The summed E-state index contributed by atoms with van der Waals surface area (Å²) in [6.07, 6.45) is 0. The molecule has 0 bridgehead atoms. The van der Waals surface area contributed by atoms with Crippen LogP contribution in [-0.2, 0) is 57.1 Å². The molecule has 0 unspecified atom stereocenters. The van der Waals surface area contributed by atoms with Gasteiger partial charge in [-0.1, -0.05) is 48.0 Å². The number of rotatable bonds is 7. The number of hydrogen-bond acceptors (Lipinski definition) is 6. The SMILES string of the molecule is CO[B][Si].Cc1ccc(COc2ccc(-c3ccc(C4=NC(C)(C)CO4)c(C4=NC(C)(C)CO4)c3)cc2)cc1.[Cl][Pd][Cl].[Pd].[Si]. The molecule has 3 aromatic rings. The second-order valence-electron chi connectivity index (χ2n) is 11.0. The van der Waals surface area contributed by atoms with Gasteiger partial charge < -0.3 is 18.9 Å². The number of benzene rings is 3. The van der Waals surface area contributed by atoms with Crippen LogP contribution < -0.4 is 4.74 Å². The zero-order valence-corrected chi connectivity index (χ0v) is 32.1. The van der Waals surface area contributed by atoms with E-state index in [1.54, 1.807) is 7.11 Å². The molecule has 0 saturated heterocycles. The Labute approximate surface area is 300 Å². The maximum absolute atomic E-state index is 6.02. The van der Waals surface area contributed by atoms with Crippen LogP contribution in [0.25, 0.3) is 11.1 Å². The summed E-state index contributed by atoms with van der Waals surface area (Å²) in [6.45, 7) is 12.0. The molecule has 0 aromatic heterocycles. The van der Waals surface area contributed by atoms with Gasteiger partial charge in [0.1, 0.15) is 25.6 Å². The van der Waals surface area contributed by atoms with Gasteiger partial charge in [-0.05, 0) is 75.6 Å². The van der Waals surface area contributed by atoms with Crippen LogP contribution in [0, 0.1) is 6.92 Å². The van der Waals surface area contributed by atoms with Crippen molar-refractivity contribution in [3.63, 3.8) is 0 Å². The predicted molar refractivity (Wildman–Crippen MR) is 177 cm³/mol. The number of hydrogen-bond donors (Lipinski definition) is 0. The Bertz CT molecular complexity index is 1380. The second-order valence-corrected chi connectivity index (χ2v) is 13.6. The molecule has 5 rings (SSSR count). The van der Waals surface area contributed by atoms with E-state index in [1.807, 2.05) is 12.1 Å². The van der Waals surface area contributed by atoms with Gasteiger partial charge >= 0.3 is 35.0 Å². The van der Waals surface area contributed by atoms with E-state index in [0.717, 1.165) is 33.6 Å². The molecule has 0 spiro atoms. The summed E-state index contributed by atoms with van der Waals surface area (Å²) >= 11 is -0.106. The molecule has 238 valence electrons. The molecule has 2 aliphatic heterocycles. The maximum atomic E-state index is 6.02. The molecule has 44 heavy (non-hydrogen) atoms. The Balaban J connectivity index is 0.000000981. The molecule has 0 saturated carbocycles. The van der Waals surface area contributed by atoms with Gasteiger partial charge in [0, 0.05) is 59.7 Å². The van der Waals surface area contributed by atoms with E-state index in [4.69, 9.17) is 43.3 Å². The van der Waals surface area contributed by atoms with Crippen molar-refractivity contribution >= 4 is 59.0 Å². The molecular weight excluding hydrogens is 815 g/mol. The van der Waals surface area contributed by atoms with E-state index in [1.165, 1.54) is 12.6 Å². The Morgan fingerprint density at radius 1 is 0.841 bits per heavy atom. The number of halogens is 2. The monoisotopic (exact) mass is 848 g/mol. The van der Waals surface area contributed by atoms with Crippen molar-refractivity contribution in [3.05, 3.63) is 89.0 Å². The van der Waals surface area contributed by atoms with Gasteiger partial charge in [-0.15, -0.1) is 0 Å². The van der Waals surface area contributed by atoms with Gasteiger partial charge in [0.25, 0.3) is 7.07 Å². The smallest absolute Gasteiger partial charge is 0 e. The van der Waals surface area contributed by atoms with Gasteiger partial charge in [0.2, 0.25) is 11.8 Å². The molecule has 0 N–H and O–H groups in total. The van der Waals surface area contributed by atoms with Crippen LogP contribution in [0.3, 0.4) is 0 Å². The first-order valence-corrected chi connectivity index (χ1v) is 17.8. The number of nitrogens with zero attached hydrogens (tertiary/aromatic N) is 2. The maximum Gasteiger partial charge on any atom is 0 e. The third-order valence-electron chi connectivity index (χ3n) is 6.24. The van der Waals surface area contributed by atoms with Crippen molar-refractivity contribution in [1.82, 2.24) is 0 Å². The van der Waals surface area contributed by atoms with Crippen molar-refractivity contribution in [1.29, 1.82) is 0 Å². The van der Waals surface area contributed by atoms with Gasteiger partial charge in [0.05, 0.1) is 11.1 Å². The van der Waals surface area contributed by atoms with Gasteiger partial charge in [-0.2, -0.15) is 0 Å². The van der Waals surface area contributed by atoms with E-state index in [0.29, 0.717) is 31.6 Å². The second kappa shape index (κ2) is 19.4. The predicted octanol–water partition coefficient (Wildman–Crippen LogP) is 6.68. The number of aryl methyl sites for hydroxylation is 1. The van der Waals surface area contributed by atoms with Gasteiger partial charge in [-0.25, -0.2) is 9.98 Å². The summed E-state index contributed by atoms with van der Waals surface area (Å²) in [5.74, 6) is 2.13. The fourth-order valence-electron chi connectivity index (χ4n) is 4.13. The van der Waals surface area contributed by atoms with Crippen LogP contribution in [0.15, 0.2) is 76.7 Å². The number of aliphatic imine (C=N–C) groups is 2. The van der Waals surface area contributed by atoms with Gasteiger partial charge in [-0.3, -0.25) is 0 Å².